The Kier molecular flexibility index (Phi) is 9.68. The Balaban J connectivity index is 0.00000432. The Hall–Kier alpha value is -3.10. The minimum atomic E-state index is -4.12. The Bertz CT molecular complexity index is 1200. The lowest BCUT2D eigenvalue weighted by Crippen LogP contribution is -2.57. The summed E-state index contributed by atoms with van der Waals surface area (Å²) >= 11 is 0. The van der Waals surface area contributed by atoms with Crippen LogP contribution in [0.15, 0.2) is 53.4 Å². The molecule has 3 rings (SSSR count). The molecule has 1 aliphatic heterocycles. The molecule has 35 heavy (non-hydrogen) atoms. The predicted molar refractivity (Wildman–Crippen MR) is 132 cm³/mol. The third-order valence-electron chi connectivity index (χ3n) is 5.96. The lowest BCUT2D eigenvalue weighted by Gasteiger charge is -2.39. The van der Waals surface area contributed by atoms with Gasteiger partial charge in [-0.3, -0.25) is 19.7 Å². The number of primary amides is 1. The van der Waals surface area contributed by atoms with E-state index in [9.17, 15) is 23.2 Å². The molecule has 1 heterocycles. The lowest BCUT2D eigenvalue weighted by molar-refractivity contribution is -0.133. The molecule has 2 aromatic carbocycles. The quantitative estimate of drug-likeness (QED) is 0.274. The topological polar surface area (TPSA) is 139 Å². The fraction of sp³-hybridized carbons (Fsp3) is 0.333. The first-order valence-electron chi connectivity index (χ1n) is 10.7. The fourth-order valence-corrected chi connectivity index (χ4v) is 5.91. The number of piperidine rings is 1. The van der Waals surface area contributed by atoms with E-state index in [1.165, 1.54) is 24.3 Å². The van der Waals surface area contributed by atoms with Gasteiger partial charge in [0, 0.05) is 25.2 Å². The molecule has 2 aromatic rings. The van der Waals surface area contributed by atoms with Crippen molar-refractivity contribution >= 4 is 34.1 Å². The molecule has 0 aromatic heterocycles. The van der Waals surface area contributed by atoms with E-state index < -0.39 is 26.4 Å². The molecule has 11 heteroatoms. The third-order valence-corrected chi connectivity index (χ3v) is 8.48. The number of rotatable bonds is 8. The second kappa shape index (κ2) is 12.0. The number of carbonyl (C=O) groups excluding carboxylic acids is 2. The van der Waals surface area contributed by atoms with Crippen molar-refractivity contribution in [3.63, 3.8) is 0 Å². The van der Waals surface area contributed by atoms with Gasteiger partial charge in [-0.2, -0.15) is 0 Å². The highest BCUT2D eigenvalue weighted by atomic mass is 35.5. The van der Waals surface area contributed by atoms with Gasteiger partial charge in [-0.25, -0.2) is 13.9 Å². The van der Waals surface area contributed by atoms with Gasteiger partial charge in [0.2, 0.25) is 5.91 Å². The van der Waals surface area contributed by atoms with Crippen molar-refractivity contribution in [2.45, 2.75) is 36.0 Å². The number of amides is 2. The fourth-order valence-electron chi connectivity index (χ4n) is 3.96. The molecule has 0 radical (unpaired) electrons. The van der Waals surface area contributed by atoms with Crippen LogP contribution in [-0.2, 0) is 21.2 Å². The molecule has 0 atom stereocenters. The highest BCUT2D eigenvalue weighted by Crippen LogP contribution is 2.37. The number of nitrogens with zero attached hydrogens (tertiary/aromatic N) is 1. The molecule has 9 nitrogen and oxygen atoms in total. The molecule has 1 fully saturated rings. The van der Waals surface area contributed by atoms with E-state index in [2.05, 4.69) is 11.8 Å². The number of hydroxylamine groups is 1. The van der Waals surface area contributed by atoms with Crippen LogP contribution in [0.5, 0.6) is 5.75 Å². The van der Waals surface area contributed by atoms with E-state index in [0.29, 0.717) is 30.9 Å². The van der Waals surface area contributed by atoms with Gasteiger partial charge in [0.1, 0.15) is 12.4 Å². The molecule has 0 spiro atoms. The molecule has 0 unspecified atom stereocenters. The SMILES string of the molecule is CC#CCOc1ccc(S(=O)(=O)C2(C(=O)NO)CCN(Cc3ccc(C(N)=O)cc3)CC2)cc1.Cl. The minimum Gasteiger partial charge on any atom is -0.481 e. The maximum Gasteiger partial charge on any atom is 0.265 e. The Morgan fingerprint density at radius 1 is 1.11 bits per heavy atom. The summed E-state index contributed by atoms with van der Waals surface area (Å²) in [5, 5.41) is 9.35. The van der Waals surface area contributed by atoms with Crippen LogP contribution in [-0.4, -0.2) is 54.8 Å². The van der Waals surface area contributed by atoms with Gasteiger partial charge in [-0.1, -0.05) is 18.1 Å². The summed E-state index contributed by atoms with van der Waals surface area (Å²) in [7, 11) is -4.12. The maximum absolute atomic E-state index is 13.6. The van der Waals surface area contributed by atoms with Crippen molar-refractivity contribution in [2.75, 3.05) is 19.7 Å². The van der Waals surface area contributed by atoms with E-state index in [1.807, 2.05) is 4.90 Å². The number of halogens is 1. The van der Waals surface area contributed by atoms with E-state index in [4.69, 9.17) is 10.5 Å². The summed E-state index contributed by atoms with van der Waals surface area (Å²) in [4.78, 5) is 25.9. The molecule has 0 aliphatic carbocycles. The van der Waals surface area contributed by atoms with Crippen LogP contribution in [0.4, 0.5) is 0 Å². The highest BCUT2D eigenvalue weighted by molar-refractivity contribution is 7.93. The second-order valence-electron chi connectivity index (χ2n) is 7.96. The Morgan fingerprint density at radius 2 is 1.71 bits per heavy atom. The van der Waals surface area contributed by atoms with Crippen LogP contribution in [0.2, 0.25) is 0 Å². The molecule has 4 N–H and O–H groups in total. The molecule has 0 bridgehead atoms. The first-order valence-corrected chi connectivity index (χ1v) is 12.1. The van der Waals surface area contributed by atoms with Crippen LogP contribution in [0, 0.1) is 11.8 Å². The number of ether oxygens (including phenoxy) is 1. The molecule has 0 saturated carbocycles. The summed E-state index contributed by atoms with van der Waals surface area (Å²) in [5.74, 6) is 4.46. The summed E-state index contributed by atoms with van der Waals surface area (Å²) in [5.41, 5.74) is 8.16. The number of sulfone groups is 1. The van der Waals surface area contributed by atoms with E-state index in [1.54, 1.807) is 36.7 Å². The number of carbonyl (C=O) groups is 2. The molecule has 2 amide bonds. The Labute approximate surface area is 210 Å². The molecule has 1 aliphatic rings. The minimum absolute atomic E-state index is 0. The normalized spacial score (nSPS) is 15.1. The number of nitrogens with one attached hydrogen (secondary N) is 1. The van der Waals surface area contributed by atoms with Crippen molar-refractivity contribution in [2.24, 2.45) is 5.73 Å². The zero-order valence-corrected chi connectivity index (χ0v) is 20.8. The summed E-state index contributed by atoms with van der Waals surface area (Å²) in [6.07, 6.45) is 0.0108. The van der Waals surface area contributed by atoms with Crippen molar-refractivity contribution in [3.8, 4) is 17.6 Å². The van der Waals surface area contributed by atoms with Gasteiger partial charge in [-0.05, 0) is 61.7 Å². The van der Waals surface area contributed by atoms with Crippen LogP contribution in [0.3, 0.4) is 0 Å². The zero-order chi connectivity index (χ0) is 24.8. The summed E-state index contributed by atoms with van der Waals surface area (Å²) < 4.78 is 30.7. The van der Waals surface area contributed by atoms with E-state index >= 15 is 0 Å². The Morgan fingerprint density at radius 3 is 2.23 bits per heavy atom. The second-order valence-corrected chi connectivity index (χ2v) is 10.2. The average Bonchev–Trinajstić information content (AvgIpc) is 2.85. The van der Waals surface area contributed by atoms with E-state index in [0.717, 1.165) is 5.56 Å². The van der Waals surface area contributed by atoms with Crippen LogP contribution in [0.25, 0.3) is 0 Å². The van der Waals surface area contributed by atoms with Crippen molar-refractivity contribution in [1.29, 1.82) is 0 Å². The van der Waals surface area contributed by atoms with Crippen molar-refractivity contribution < 1.29 is 28.0 Å². The molecule has 188 valence electrons. The number of likely N-dealkylation sites (tertiary alicyclic amines) is 1. The first kappa shape index (κ1) is 28.1. The van der Waals surface area contributed by atoms with Gasteiger partial charge in [-0.15, -0.1) is 18.3 Å². The number of nitrogens with two attached hydrogens (primary N) is 1. The van der Waals surface area contributed by atoms with Gasteiger partial charge in [0.15, 0.2) is 14.6 Å². The van der Waals surface area contributed by atoms with Crippen LogP contribution < -0.4 is 16.0 Å². The van der Waals surface area contributed by atoms with E-state index in [-0.39, 0.29) is 36.8 Å². The summed E-state index contributed by atoms with van der Waals surface area (Å²) in [6.45, 7) is 3.03. The van der Waals surface area contributed by atoms with Crippen LogP contribution in [0.1, 0.15) is 35.7 Å². The van der Waals surface area contributed by atoms with Crippen molar-refractivity contribution in [3.05, 3.63) is 59.7 Å². The summed E-state index contributed by atoms with van der Waals surface area (Å²) in [6, 6.07) is 12.7. The van der Waals surface area contributed by atoms with Crippen molar-refractivity contribution in [1.82, 2.24) is 10.4 Å². The number of benzene rings is 2. The van der Waals surface area contributed by atoms with Crippen LogP contribution >= 0.6 is 12.4 Å². The largest absolute Gasteiger partial charge is 0.481 e. The van der Waals surface area contributed by atoms with Gasteiger partial charge >= 0.3 is 0 Å². The predicted octanol–water partition coefficient (Wildman–Crippen LogP) is 1.92. The highest BCUT2D eigenvalue weighted by Gasteiger charge is 2.52. The smallest absolute Gasteiger partial charge is 0.265 e. The third kappa shape index (κ3) is 6.13. The molecular formula is C24H28ClN3O6S. The monoisotopic (exact) mass is 521 g/mol. The van der Waals surface area contributed by atoms with Gasteiger partial charge < -0.3 is 10.5 Å². The first-order chi connectivity index (χ1) is 16.2. The maximum atomic E-state index is 13.6. The lowest BCUT2D eigenvalue weighted by atomic mass is 9.94. The molecular weight excluding hydrogens is 494 g/mol. The average molecular weight is 522 g/mol. The number of hydrogen-bond donors (Lipinski definition) is 3. The number of hydrogen-bond acceptors (Lipinski definition) is 7. The zero-order valence-electron chi connectivity index (χ0n) is 19.2. The molecule has 1 saturated heterocycles. The standard InChI is InChI=1S/C24H27N3O6S.ClH/c1-2-3-16-33-20-8-10-21(11-9-20)34(31,32)24(23(29)26-30)12-14-27(15-13-24)17-18-4-6-19(7-5-18)22(25)28;/h4-11,30H,12-17H2,1H3,(H2,25,28)(H,26,29);1H. The van der Waals surface area contributed by atoms with Gasteiger partial charge in [0.25, 0.3) is 5.91 Å². The van der Waals surface area contributed by atoms with Gasteiger partial charge in [0.05, 0.1) is 4.90 Å².